The highest BCUT2D eigenvalue weighted by Crippen LogP contribution is 2.46. The van der Waals surface area contributed by atoms with E-state index in [9.17, 15) is 14.4 Å². The monoisotopic (exact) mass is 454 g/mol. The number of amides is 3. The SMILES string of the molecule is COc1ccc(C(=O)N2CC(=O)N(C3CCCCC3)C(=O)C23CCC(C(C)(C)C)CC3)cc1. The summed E-state index contributed by atoms with van der Waals surface area (Å²) < 4.78 is 5.22. The molecule has 1 aliphatic heterocycles. The summed E-state index contributed by atoms with van der Waals surface area (Å²) in [6.07, 6.45) is 8.02. The average Bonchev–Trinajstić information content (AvgIpc) is 2.82. The van der Waals surface area contributed by atoms with Gasteiger partial charge in [0, 0.05) is 11.6 Å². The van der Waals surface area contributed by atoms with E-state index in [1.54, 1.807) is 41.2 Å². The van der Waals surface area contributed by atoms with E-state index in [-0.39, 0.29) is 35.7 Å². The minimum atomic E-state index is -0.926. The fourth-order valence-electron chi connectivity index (χ4n) is 6.13. The molecule has 3 aliphatic rings. The summed E-state index contributed by atoms with van der Waals surface area (Å²) >= 11 is 0. The molecule has 1 heterocycles. The van der Waals surface area contributed by atoms with Crippen molar-refractivity contribution in [1.82, 2.24) is 9.80 Å². The summed E-state index contributed by atoms with van der Waals surface area (Å²) in [4.78, 5) is 44.3. The van der Waals surface area contributed by atoms with E-state index in [1.807, 2.05) is 0 Å². The van der Waals surface area contributed by atoms with E-state index in [2.05, 4.69) is 20.8 Å². The van der Waals surface area contributed by atoms with Crippen molar-refractivity contribution in [2.75, 3.05) is 13.7 Å². The van der Waals surface area contributed by atoms with Crippen LogP contribution in [0.3, 0.4) is 0 Å². The van der Waals surface area contributed by atoms with Crippen LogP contribution < -0.4 is 4.74 Å². The predicted octanol–water partition coefficient (Wildman–Crippen LogP) is 4.81. The molecule has 6 nitrogen and oxygen atoms in total. The summed E-state index contributed by atoms with van der Waals surface area (Å²) in [7, 11) is 1.58. The van der Waals surface area contributed by atoms with E-state index >= 15 is 0 Å². The van der Waals surface area contributed by atoms with Crippen LogP contribution in [0.15, 0.2) is 24.3 Å². The van der Waals surface area contributed by atoms with E-state index in [1.165, 1.54) is 0 Å². The average molecular weight is 455 g/mol. The summed E-state index contributed by atoms with van der Waals surface area (Å²) in [6, 6.07) is 6.92. The lowest BCUT2D eigenvalue weighted by atomic mass is 9.65. The summed E-state index contributed by atoms with van der Waals surface area (Å²) in [5, 5.41) is 0. The van der Waals surface area contributed by atoms with Gasteiger partial charge < -0.3 is 9.64 Å². The molecule has 2 saturated carbocycles. The van der Waals surface area contributed by atoms with Crippen LogP contribution in [0.25, 0.3) is 0 Å². The Morgan fingerprint density at radius 3 is 2.12 bits per heavy atom. The minimum absolute atomic E-state index is 0.0193. The minimum Gasteiger partial charge on any atom is -0.497 e. The molecule has 6 heteroatoms. The van der Waals surface area contributed by atoms with Gasteiger partial charge in [0.25, 0.3) is 11.8 Å². The fourth-order valence-corrected chi connectivity index (χ4v) is 6.13. The Morgan fingerprint density at radius 1 is 0.970 bits per heavy atom. The first kappa shape index (κ1) is 23.8. The third kappa shape index (κ3) is 4.41. The first-order valence-corrected chi connectivity index (χ1v) is 12.5. The van der Waals surface area contributed by atoms with E-state index < -0.39 is 5.54 Å². The number of carbonyl (C=O) groups excluding carboxylic acids is 3. The molecule has 33 heavy (non-hydrogen) atoms. The van der Waals surface area contributed by atoms with Crippen LogP contribution in [0, 0.1) is 11.3 Å². The number of hydrogen-bond acceptors (Lipinski definition) is 4. The third-order valence-electron chi connectivity index (χ3n) is 8.26. The maximum Gasteiger partial charge on any atom is 0.255 e. The standard InChI is InChI=1S/C27H38N2O4/c1-26(2,3)20-14-16-27(17-15-20)25(32)29(21-8-6-5-7-9-21)23(30)18-28(27)24(31)19-10-12-22(33-4)13-11-19/h10-13,20-21H,5-9,14-18H2,1-4H3. The van der Waals surface area contributed by atoms with Gasteiger partial charge in [-0.2, -0.15) is 0 Å². The normalized spacial score (nSPS) is 27.2. The molecular formula is C27H38N2O4. The number of nitrogens with zero attached hydrogens (tertiary/aromatic N) is 2. The van der Waals surface area contributed by atoms with E-state index in [0.29, 0.717) is 30.1 Å². The zero-order valence-electron chi connectivity index (χ0n) is 20.6. The molecule has 1 saturated heterocycles. The number of rotatable bonds is 3. The van der Waals surface area contributed by atoms with Crippen LogP contribution in [0.4, 0.5) is 0 Å². The van der Waals surface area contributed by atoms with Crippen LogP contribution in [0.2, 0.25) is 0 Å². The fraction of sp³-hybridized carbons (Fsp3) is 0.667. The molecule has 1 aromatic rings. The lowest BCUT2D eigenvalue weighted by Gasteiger charge is -2.54. The predicted molar refractivity (Wildman–Crippen MR) is 127 cm³/mol. The Hall–Kier alpha value is -2.37. The molecular weight excluding hydrogens is 416 g/mol. The highest BCUT2D eigenvalue weighted by atomic mass is 16.5. The molecule has 0 aromatic heterocycles. The van der Waals surface area contributed by atoms with Gasteiger partial charge in [-0.25, -0.2) is 0 Å². The van der Waals surface area contributed by atoms with Gasteiger partial charge in [0.15, 0.2) is 0 Å². The number of methoxy groups -OCH3 is 1. The van der Waals surface area contributed by atoms with Crippen molar-refractivity contribution < 1.29 is 19.1 Å². The van der Waals surface area contributed by atoms with Gasteiger partial charge in [-0.3, -0.25) is 19.3 Å². The Morgan fingerprint density at radius 2 is 1.58 bits per heavy atom. The maximum atomic E-state index is 14.1. The summed E-state index contributed by atoms with van der Waals surface area (Å²) in [5.74, 6) is 0.560. The van der Waals surface area contributed by atoms with Crippen molar-refractivity contribution in [3.8, 4) is 5.75 Å². The number of piperazine rings is 1. The van der Waals surface area contributed by atoms with Gasteiger partial charge in [-0.15, -0.1) is 0 Å². The van der Waals surface area contributed by atoms with Gasteiger partial charge in [-0.05, 0) is 74.1 Å². The molecule has 2 aliphatic carbocycles. The van der Waals surface area contributed by atoms with Crippen molar-refractivity contribution in [2.45, 2.75) is 90.1 Å². The van der Waals surface area contributed by atoms with Crippen molar-refractivity contribution in [2.24, 2.45) is 11.3 Å². The lowest BCUT2D eigenvalue weighted by Crippen LogP contribution is -2.71. The number of imide groups is 1. The molecule has 3 fully saturated rings. The van der Waals surface area contributed by atoms with Crippen molar-refractivity contribution in [3.05, 3.63) is 29.8 Å². The number of benzene rings is 1. The Kier molecular flexibility index (Phi) is 6.56. The molecule has 1 spiro atoms. The van der Waals surface area contributed by atoms with Crippen molar-refractivity contribution in [3.63, 3.8) is 0 Å². The second kappa shape index (κ2) is 9.11. The molecule has 0 N–H and O–H groups in total. The van der Waals surface area contributed by atoms with Gasteiger partial charge in [-0.1, -0.05) is 40.0 Å². The Bertz CT molecular complexity index is 888. The van der Waals surface area contributed by atoms with Gasteiger partial charge >= 0.3 is 0 Å². The molecule has 0 unspecified atom stereocenters. The zero-order chi connectivity index (χ0) is 23.8. The number of hydrogen-bond donors (Lipinski definition) is 0. The molecule has 4 rings (SSSR count). The van der Waals surface area contributed by atoms with Crippen LogP contribution in [0.1, 0.15) is 88.9 Å². The van der Waals surface area contributed by atoms with Crippen LogP contribution in [-0.4, -0.2) is 52.8 Å². The van der Waals surface area contributed by atoms with Crippen LogP contribution in [-0.2, 0) is 9.59 Å². The second-order valence-corrected chi connectivity index (χ2v) is 11.2. The van der Waals surface area contributed by atoms with Crippen LogP contribution >= 0.6 is 0 Å². The number of ether oxygens (including phenoxy) is 1. The van der Waals surface area contributed by atoms with Gasteiger partial charge in [0.05, 0.1) is 7.11 Å². The number of carbonyl (C=O) groups is 3. The topological polar surface area (TPSA) is 66.9 Å². The van der Waals surface area contributed by atoms with E-state index in [0.717, 1.165) is 44.9 Å². The smallest absolute Gasteiger partial charge is 0.255 e. The summed E-state index contributed by atoms with van der Waals surface area (Å²) in [6.45, 7) is 6.72. The zero-order valence-corrected chi connectivity index (χ0v) is 20.6. The Balaban J connectivity index is 1.67. The van der Waals surface area contributed by atoms with Crippen molar-refractivity contribution in [1.29, 1.82) is 0 Å². The maximum absolute atomic E-state index is 14.1. The lowest BCUT2D eigenvalue weighted by molar-refractivity contribution is -0.168. The van der Waals surface area contributed by atoms with Crippen LogP contribution in [0.5, 0.6) is 5.75 Å². The molecule has 180 valence electrons. The van der Waals surface area contributed by atoms with Gasteiger partial charge in [0.2, 0.25) is 5.91 Å². The second-order valence-electron chi connectivity index (χ2n) is 11.2. The van der Waals surface area contributed by atoms with Crippen molar-refractivity contribution >= 4 is 17.7 Å². The molecule has 3 amide bonds. The molecule has 0 atom stereocenters. The summed E-state index contributed by atoms with van der Waals surface area (Å²) in [5.41, 5.74) is -0.285. The molecule has 0 bridgehead atoms. The highest BCUT2D eigenvalue weighted by Gasteiger charge is 2.57. The van der Waals surface area contributed by atoms with Gasteiger partial charge in [0.1, 0.15) is 17.8 Å². The first-order valence-electron chi connectivity index (χ1n) is 12.5. The largest absolute Gasteiger partial charge is 0.497 e. The third-order valence-corrected chi connectivity index (χ3v) is 8.26. The molecule has 1 aromatic carbocycles. The first-order chi connectivity index (χ1) is 15.7. The quantitative estimate of drug-likeness (QED) is 0.615. The Labute approximate surface area is 197 Å². The molecule has 0 radical (unpaired) electrons. The van der Waals surface area contributed by atoms with E-state index in [4.69, 9.17) is 4.74 Å². The highest BCUT2D eigenvalue weighted by molar-refractivity contribution is 6.09.